The molecule has 0 aliphatic carbocycles. The summed E-state index contributed by atoms with van der Waals surface area (Å²) in [7, 11) is 1.52. The number of amides is 2. The van der Waals surface area contributed by atoms with Crippen LogP contribution < -0.4 is 20.0 Å². The molecule has 2 saturated heterocycles. The maximum atomic E-state index is 12.4. The molecule has 0 saturated carbocycles. The van der Waals surface area contributed by atoms with E-state index in [9.17, 15) is 9.59 Å². The summed E-state index contributed by atoms with van der Waals surface area (Å²) in [6, 6.07) is 23.3. The first-order valence-corrected chi connectivity index (χ1v) is 18.5. The molecule has 2 aliphatic rings. The molecule has 2 N–H and O–H groups in total. The number of aryl methyl sites for hydroxylation is 1. The number of methoxy groups -OCH3 is 1. The molecule has 2 fully saturated rings. The molecule has 2 amide bonds. The fraction of sp³-hybridized carbons (Fsp3) is 0.349. The van der Waals surface area contributed by atoms with Crippen LogP contribution in [0.2, 0.25) is 0 Å². The molecular weight excluding hydrogens is 681 g/mol. The summed E-state index contributed by atoms with van der Waals surface area (Å²) >= 11 is 0. The minimum Gasteiger partial charge on any atom is -0.493 e. The van der Waals surface area contributed by atoms with Crippen molar-refractivity contribution in [1.29, 1.82) is 5.41 Å². The second-order valence-electron chi connectivity index (χ2n) is 13.0. The Morgan fingerprint density at radius 3 is 2.39 bits per heavy atom. The number of benzene rings is 3. The van der Waals surface area contributed by atoms with Gasteiger partial charge < -0.3 is 34.4 Å². The van der Waals surface area contributed by atoms with Crippen LogP contribution in [0.15, 0.2) is 114 Å². The van der Waals surface area contributed by atoms with E-state index in [0.717, 1.165) is 36.2 Å². The van der Waals surface area contributed by atoms with Gasteiger partial charge in [-0.05, 0) is 105 Å². The molecule has 0 aromatic heterocycles. The summed E-state index contributed by atoms with van der Waals surface area (Å²) in [6.07, 6.45) is 13.7. The van der Waals surface area contributed by atoms with E-state index in [0.29, 0.717) is 36.8 Å². The lowest BCUT2D eigenvalue weighted by Crippen LogP contribution is -2.35. The number of piperidine rings is 1. The zero-order valence-corrected chi connectivity index (χ0v) is 31.6. The molecule has 3 aromatic rings. The van der Waals surface area contributed by atoms with Gasteiger partial charge in [-0.3, -0.25) is 14.6 Å². The van der Waals surface area contributed by atoms with Crippen LogP contribution in [0.1, 0.15) is 56.1 Å². The van der Waals surface area contributed by atoms with E-state index < -0.39 is 0 Å². The van der Waals surface area contributed by atoms with Crippen LogP contribution in [0.25, 0.3) is 0 Å². The number of ether oxygens (including phenoxy) is 2. The highest BCUT2D eigenvalue weighted by atomic mass is 16.7. The van der Waals surface area contributed by atoms with Crippen molar-refractivity contribution in [2.75, 3.05) is 43.3 Å². The maximum absolute atomic E-state index is 12.4. The first kappa shape index (κ1) is 41.1. The van der Waals surface area contributed by atoms with Gasteiger partial charge in [0.05, 0.1) is 25.4 Å². The number of hydrogen-bond donors (Lipinski definition) is 2. The number of rotatable bonds is 18. The van der Waals surface area contributed by atoms with Gasteiger partial charge in [0.2, 0.25) is 12.3 Å². The molecule has 2 heterocycles. The summed E-state index contributed by atoms with van der Waals surface area (Å²) in [4.78, 5) is 39.5. The van der Waals surface area contributed by atoms with Gasteiger partial charge in [0.25, 0.3) is 0 Å². The molecule has 0 bridgehead atoms. The van der Waals surface area contributed by atoms with Crippen molar-refractivity contribution in [2.24, 2.45) is 4.99 Å². The summed E-state index contributed by atoms with van der Waals surface area (Å²) in [5.41, 5.74) is 8.10. The Morgan fingerprint density at radius 2 is 1.74 bits per heavy atom. The summed E-state index contributed by atoms with van der Waals surface area (Å²) < 4.78 is 11.0. The highest BCUT2D eigenvalue weighted by molar-refractivity contribution is 5.82. The zero-order chi connectivity index (χ0) is 38.5. The van der Waals surface area contributed by atoms with Crippen LogP contribution in [0, 0.1) is 12.3 Å². The van der Waals surface area contributed by atoms with Gasteiger partial charge in [0.15, 0.2) is 18.2 Å². The Balaban J connectivity index is 0.000000358. The lowest BCUT2D eigenvalue weighted by atomic mass is 10.1. The monoisotopic (exact) mass is 734 g/mol. The first-order valence-electron chi connectivity index (χ1n) is 18.5. The average Bonchev–Trinajstić information content (AvgIpc) is 3.71. The van der Waals surface area contributed by atoms with E-state index in [2.05, 4.69) is 53.8 Å². The Hall–Kier alpha value is -5.68. The van der Waals surface area contributed by atoms with Crippen molar-refractivity contribution in [2.45, 2.75) is 64.5 Å². The third-order valence-corrected chi connectivity index (χ3v) is 9.31. The second kappa shape index (κ2) is 22.4. The van der Waals surface area contributed by atoms with Crippen LogP contribution >= 0.6 is 0 Å². The molecule has 0 spiro atoms. The topological polar surface area (TPSA) is 120 Å². The molecule has 286 valence electrons. The van der Waals surface area contributed by atoms with Crippen molar-refractivity contribution in [1.82, 2.24) is 10.4 Å². The number of carbonyl (C=O) groups excluding carboxylic acids is 2. The van der Waals surface area contributed by atoms with Crippen LogP contribution in [-0.2, 0) is 25.7 Å². The third kappa shape index (κ3) is 12.5. The Morgan fingerprint density at radius 1 is 1.00 bits per heavy atom. The van der Waals surface area contributed by atoms with Crippen LogP contribution in [-0.4, -0.2) is 69.7 Å². The molecule has 11 heteroatoms. The van der Waals surface area contributed by atoms with Crippen molar-refractivity contribution in [3.05, 3.63) is 120 Å². The highest BCUT2D eigenvalue weighted by Gasteiger charge is 2.26. The normalized spacial score (nSPS) is 15.7. The smallest absolute Gasteiger partial charge is 0.226 e. The summed E-state index contributed by atoms with van der Waals surface area (Å²) in [5.74, 6) is 1.55. The van der Waals surface area contributed by atoms with Crippen molar-refractivity contribution >= 4 is 42.3 Å². The van der Waals surface area contributed by atoms with E-state index in [-0.39, 0.29) is 25.1 Å². The van der Waals surface area contributed by atoms with E-state index in [4.69, 9.17) is 19.7 Å². The van der Waals surface area contributed by atoms with E-state index in [1.54, 1.807) is 34.1 Å². The molecule has 5 rings (SSSR count). The quantitative estimate of drug-likeness (QED) is 0.0198. The number of allylic oxidation sites excluding steroid dienone is 2. The molecule has 54 heavy (non-hydrogen) atoms. The molecule has 1 unspecified atom stereocenters. The van der Waals surface area contributed by atoms with E-state index in [1.165, 1.54) is 56.9 Å². The minimum absolute atomic E-state index is 0.00764. The average molecular weight is 735 g/mol. The number of aliphatic imine (C=N–C) groups is 1. The standard InChI is InChI=1S/C30H36N4O5.C13H18N2/c1-3-28(37-2)29(13-7-8-14-30(36)34-19-9-12-26(34)20-31)39-32-22-38-27-17-15-25(16-18-27)33(23-35)21-24-10-5-4-6-11-24;1-11-10-12(6-7-13(11)14-2)15-8-4-3-5-9-15/h3-8,10-11,15-18,20,23,26,31-32H,1,9,12-14,19,21-22H2,2H3;6-7,10H,2-5,8-9H2,1H3/b8-7-,29-28-,31-20?;. The van der Waals surface area contributed by atoms with Gasteiger partial charge in [-0.25, -0.2) is 0 Å². The number of nitrogens with one attached hydrogen (secondary N) is 2. The fourth-order valence-corrected chi connectivity index (χ4v) is 6.37. The maximum Gasteiger partial charge on any atom is 0.226 e. The Bertz CT molecular complexity index is 1720. The van der Waals surface area contributed by atoms with Crippen molar-refractivity contribution in [3.8, 4) is 5.75 Å². The lowest BCUT2D eigenvalue weighted by molar-refractivity contribution is -0.130. The Kier molecular flexibility index (Phi) is 17.0. The van der Waals surface area contributed by atoms with Crippen LogP contribution in [0.5, 0.6) is 5.75 Å². The fourth-order valence-electron chi connectivity index (χ4n) is 6.37. The predicted octanol–water partition coefficient (Wildman–Crippen LogP) is 8.05. The number of carbonyl (C=O) groups is 2. The van der Waals surface area contributed by atoms with Crippen molar-refractivity contribution < 1.29 is 23.9 Å². The molecule has 1 atom stereocenters. The van der Waals surface area contributed by atoms with Gasteiger partial charge in [0.1, 0.15) is 5.75 Å². The SMILES string of the molecule is C=C/C(OC)=C(\C/C=C\CC(=O)N1CCCC1C=N)ONCOc1ccc(N(C=O)Cc2ccccc2)cc1.C=Nc1ccc(N2CCCCC2)cc1C. The number of likely N-dealkylation sites (tertiary alicyclic amines) is 1. The lowest BCUT2D eigenvalue weighted by Gasteiger charge is -2.29. The summed E-state index contributed by atoms with van der Waals surface area (Å²) in [5, 5.41) is 7.48. The number of nitrogens with zero attached hydrogens (tertiary/aromatic N) is 4. The van der Waals surface area contributed by atoms with Gasteiger partial charge in [0, 0.05) is 50.1 Å². The zero-order valence-electron chi connectivity index (χ0n) is 31.6. The van der Waals surface area contributed by atoms with E-state index >= 15 is 0 Å². The van der Waals surface area contributed by atoms with Gasteiger partial charge in [-0.2, -0.15) is 0 Å². The predicted molar refractivity (Wildman–Crippen MR) is 217 cm³/mol. The first-order chi connectivity index (χ1) is 26.4. The largest absolute Gasteiger partial charge is 0.493 e. The van der Waals surface area contributed by atoms with Crippen LogP contribution in [0.3, 0.4) is 0 Å². The molecule has 11 nitrogen and oxygen atoms in total. The van der Waals surface area contributed by atoms with Crippen LogP contribution in [0.4, 0.5) is 17.1 Å². The molecule has 3 aromatic carbocycles. The highest BCUT2D eigenvalue weighted by Crippen LogP contribution is 2.26. The Labute approximate surface area is 320 Å². The number of anilines is 2. The van der Waals surface area contributed by atoms with E-state index in [1.807, 2.05) is 48.5 Å². The minimum atomic E-state index is -0.0933. The number of hydrogen-bond acceptors (Lipinski definition) is 9. The third-order valence-electron chi connectivity index (χ3n) is 9.31. The molecular formula is C43H54N6O5. The summed E-state index contributed by atoms with van der Waals surface area (Å²) in [6.45, 7) is 13.0. The van der Waals surface area contributed by atoms with Gasteiger partial charge >= 0.3 is 0 Å². The molecule has 2 aliphatic heterocycles. The molecule has 0 radical (unpaired) electrons. The number of hydroxylamine groups is 1. The second-order valence-corrected chi connectivity index (χ2v) is 13.0. The van der Waals surface area contributed by atoms with Gasteiger partial charge in [-0.1, -0.05) is 49.1 Å². The van der Waals surface area contributed by atoms with Crippen molar-refractivity contribution in [3.63, 3.8) is 0 Å². The van der Waals surface area contributed by atoms with Gasteiger partial charge in [-0.15, -0.1) is 5.48 Å².